The molecule has 0 aliphatic carbocycles. The molecule has 0 spiro atoms. The van der Waals surface area contributed by atoms with Crippen molar-refractivity contribution < 1.29 is 9.53 Å². The molecule has 2 rings (SSSR count). The van der Waals surface area contributed by atoms with E-state index < -0.39 is 0 Å². The van der Waals surface area contributed by atoms with Crippen LogP contribution in [0.2, 0.25) is 0 Å². The topological polar surface area (TPSA) is 39.2 Å². The number of hydrogen-bond donors (Lipinski definition) is 0. The number of hydrogen-bond acceptors (Lipinski definition) is 3. The highest BCUT2D eigenvalue weighted by molar-refractivity contribution is 5.96. The number of ether oxygens (including phenoxy) is 1. The van der Waals surface area contributed by atoms with Crippen molar-refractivity contribution in [2.24, 2.45) is 0 Å². The van der Waals surface area contributed by atoms with Crippen LogP contribution in [0, 0.1) is 6.92 Å². The zero-order chi connectivity index (χ0) is 12.3. The van der Waals surface area contributed by atoms with E-state index in [2.05, 4.69) is 4.98 Å². The lowest BCUT2D eigenvalue weighted by atomic mass is 10.1. The Kier molecular flexibility index (Phi) is 3.38. The summed E-state index contributed by atoms with van der Waals surface area (Å²) in [5, 5.41) is 0.999. The second-order valence-corrected chi connectivity index (χ2v) is 3.95. The Bertz CT molecular complexity index is 549. The number of aromatic nitrogens is 1. The van der Waals surface area contributed by atoms with E-state index in [-0.39, 0.29) is 5.97 Å². The SMILES string of the molecule is CCCOC(=O)c1cnc2ccccc2c1C. The third kappa shape index (κ3) is 2.28. The van der Waals surface area contributed by atoms with Crippen LogP contribution in [0.25, 0.3) is 10.9 Å². The molecule has 1 heterocycles. The molecule has 3 heteroatoms. The molecule has 2 aromatic rings. The van der Waals surface area contributed by atoms with Crippen molar-refractivity contribution in [2.75, 3.05) is 6.61 Å². The van der Waals surface area contributed by atoms with Gasteiger partial charge in [-0.15, -0.1) is 0 Å². The van der Waals surface area contributed by atoms with Crippen molar-refractivity contribution in [1.29, 1.82) is 0 Å². The van der Waals surface area contributed by atoms with E-state index in [1.54, 1.807) is 6.20 Å². The van der Waals surface area contributed by atoms with Gasteiger partial charge in [-0.25, -0.2) is 4.79 Å². The monoisotopic (exact) mass is 229 g/mol. The maximum Gasteiger partial charge on any atom is 0.339 e. The molecule has 1 aromatic heterocycles. The first kappa shape index (κ1) is 11.6. The van der Waals surface area contributed by atoms with Gasteiger partial charge in [0.15, 0.2) is 0 Å². The van der Waals surface area contributed by atoms with Crippen molar-refractivity contribution in [1.82, 2.24) is 4.98 Å². The molecule has 0 N–H and O–H groups in total. The predicted molar refractivity (Wildman–Crippen MR) is 67.1 cm³/mol. The van der Waals surface area contributed by atoms with Crippen LogP contribution in [0.5, 0.6) is 0 Å². The van der Waals surface area contributed by atoms with Gasteiger partial charge in [-0.1, -0.05) is 25.1 Å². The Morgan fingerprint density at radius 2 is 2.12 bits per heavy atom. The van der Waals surface area contributed by atoms with Gasteiger partial charge in [0.2, 0.25) is 0 Å². The number of para-hydroxylation sites is 1. The number of nitrogens with zero attached hydrogens (tertiary/aromatic N) is 1. The number of carbonyl (C=O) groups is 1. The smallest absolute Gasteiger partial charge is 0.339 e. The second kappa shape index (κ2) is 4.95. The highest BCUT2D eigenvalue weighted by atomic mass is 16.5. The Morgan fingerprint density at radius 3 is 2.88 bits per heavy atom. The first-order valence-corrected chi connectivity index (χ1v) is 5.75. The van der Waals surface area contributed by atoms with E-state index in [4.69, 9.17) is 4.74 Å². The minimum Gasteiger partial charge on any atom is -0.462 e. The molecule has 17 heavy (non-hydrogen) atoms. The van der Waals surface area contributed by atoms with Gasteiger partial charge in [0, 0.05) is 11.6 Å². The minimum absolute atomic E-state index is 0.289. The lowest BCUT2D eigenvalue weighted by molar-refractivity contribution is 0.0504. The maximum absolute atomic E-state index is 11.8. The van der Waals surface area contributed by atoms with Gasteiger partial charge in [0.1, 0.15) is 0 Å². The Balaban J connectivity index is 2.42. The van der Waals surface area contributed by atoms with Crippen LogP contribution >= 0.6 is 0 Å². The molecule has 0 saturated carbocycles. The van der Waals surface area contributed by atoms with Gasteiger partial charge in [-0.3, -0.25) is 4.98 Å². The molecule has 0 unspecified atom stereocenters. The number of fused-ring (bicyclic) bond motifs is 1. The first-order chi connectivity index (χ1) is 8.24. The summed E-state index contributed by atoms with van der Waals surface area (Å²) in [6.45, 7) is 4.34. The Labute approximate surface area is 100 Å². The van der Waals surface area contributed by atoms with Gasteiger partial charge in [-0.2, -0.15) is 0 Å². The average Bonchev–Trinajstić information content (AvgIpc) is 2.37. The molecule has 0 saturated heterocycles. The van der Waals surface area contributed by atoms with E-state index in [0.29, 0.717) is 12.2 Å². The molecular weight excluding hydrogens is 214 g/mol. The largest absolute Gasteiger partial charge is 0.462 e. The summed E-state index contributed by atoms with van der Waals surface area (Å²) in [7, 11) is 0. The van der Waals surface area contributed by atoms with Crippen LogP contribution in [0.15, 0.2) is 30.5 Å². The van der Waals surface area contributed by atoms with Crippen LogP contribution in [-0.2, 0) is 4.74 Å². The van der Waals surface area contributed by atoms with Gasteiger partial charge in [0.25, 0.3) is 0 Å². The summed E-state index contributed by atoms with van der Waals surface area (Å²) in [4.78, 5) is 16.1. The number of aryl methyl sites for hydroxylation is 1. The Hall–Kier alpha value is -1.90. The van der Waals surface area contributed by atoms with Crippen molar-refractivity contribution in [3.63, 3.8) is 0 Å². The van der Waals surface area contributed by atoms with Crippen LogP contribution in [0.4, 0.5) is 0 Å². The fourth-order valence-corrected chi connectivity index (χ4v) is 1.76. The fourth-order valence-electron chi connectivity index (χ4n) is 1.76. The third-order valence-corrected chi connectivity index (χ3v) is 2.70. The molecule has 0 fully saturated rings. The van der Waals surface area contributed by atoms with Crippen molar-refractivity contribution in [2.45, 2.75) is 20.3 Å². The zero-order valence-electron chi connectivity index (χ0n) is 10.1. The summed E-state index contributed by atoms with van der Waals surface area (Å²) >= 11 is 0. The fraction of sp³-hybridized carbons (Fsp3) is 0.286. The van der Waals surface area contributed by atoms with Gasteiger partial charge in [-0.05, 0) is 25.0 Å². The molecule has 0 bridgehead atoms. The zero-order valence-corrected chi connectivity index (χ0v) is 10.1. The Morgan fingerprint density at radius 1 is 1.35 bits per heavy atom. The van der Waals surface area contributed by atoms with Crippen LogP contribution < -0.4 is 0 Å². The maximum atomic E-state index is 11.8. The van der Waals surface area contributed by atoms with Crippen LogP contribution in [0.3, 0.4) is 0 Å². The van der Waals surface area contributed by atoms with E-state index in [1.807, 2.05) is 38.1 Å². The molecule has 0 radical (unpaired) electrons. The molecular formula is C14H15NO2. The number of esters is 1. The van der Waals surface area contributed by atoms with Crippen LogP contribution in [-0.4, -0.2) is 17.6 Å². The van der Waals surface area contributed by atoms with Crippen LogP contribution in [0.1, 0.15) is 29.3 Å². The molecule has 0 amide bonds. The number of pyridine rings is 1. The lowest BCUT2D eigenvalue weighted by Crippen LogP contribution is -2.08. The number of benzene rings is 1. The van der Waals surface area contributed by atoms with E-state index in [9.17, 15) is 4.79 Å². The molecule has 3 nitrogen and oxygen atoms in total. The summed E-state index contributed by atoms with van der Waals surface area (Å²) in [5.74, 6) is -0.289. The van der Waals surface area contributed by atoms with Gasteiger partial charge >= 0.3 is 5.97 Å². The first-order valence-electron chi connectivity index (χ1n) is 5.75. The lowest BCUT2D eigenvalue weighted by Gasteiger charge is -2.08. The summed E-state index contributed by atoms with van der Waals surface area (Å²) in [6.07, 6.45) is 2.42. The molecule has 0 atom stereocenters. The highest BCUT2D eigenvalue weighted by Crippen LogP contribution is 2.19. The molecule has 88 valence electrons. The van der Waals surface area contributed by atoms with Gasteiger partial charge in [0.05, 0.1) is 17.7 Å². The quantitative estimate of drug-likeness (QED) is 0.759. The highest BCUT2D eigenvalue weighted by Gasteiger charge is 2.12. The van der Waals surface area contributed by atoms with Crippen molar-refractivity contribution >= 4 is 16.9 Å². The summed E-state index contributed by atoms with van der Waals surface area (Å²) in [5.41, 5.74) is 2.38. The van der Waals surface area contributed by atoms with E-state index >= 15 is 0 Å². The minimum atomic E-state index is -0.289. The number of carbonyl (C=O) groups excluding carboxylic acids is 1. The summed E-state index contributed by atoms with van der Waals surface area (Å²) in [6, 6.07) is 7.78. The molecule has 1 aromatic carbocycles. The second-order valence-electron chi connectivity index (χ2n) is 3.95. The predicted octanol–water partition coefficient (Wildman–Crippen LogP) is 3.11. The molecule has 0 aliphatic rings. The normalized spacial score (nSPS) is 10.5. The van der Waals surface area contributed by atoms with E-state index in [0.717, 1.165) is 22.9 Å². The van der Waals surface area contributed by atoms with Crippen molar-refractivity contribution in [3.8, 4) is 0 Å². The average molecular weight is 229 g/mol. The van der Waals surface area contributed by atoms with Crippen molar-refractivity contribution in [3.05, 3.63) is 41.6 Å². The number of rotatable bonds is 3. The standard InChI is InChI=1S/C14H15NO2/c1-3-8-17-14(16)12-9-15-13-7-5-4-6-11(13)10(12)2/h4-7,9H,3,8H2,1-2H3. The molecule has 0 aliphatic heterocycles. The third-order valence-electron chi connectivity index (χ3n) is 2.70. The summed E-state index contributed by atoms with van der Waals surface area (Å²) < 4.78 is 5.13. The van der Waals surface area contributed by atoms with E-state index in [1.165, 1.54) is 0 Å². The van der Waals surface area contributed by atoms with Gasteiger partial charge < -0.3 is 4.74 Å².